The molecular formula is C17H18N4O2. The monoisotopic (exact) mass is 310 g/mol. The first-order chi connectivity index (χ1) is 11.3. The molecule has 2 aromatic carbocycles. The highest BCUT2D eigenvalue weighted by Crippen LogP contribution is 2.20. The molecule has 1 aromatic heterocycles. The van der Waals surface area contributed by atoms with Crippen molar-refractivity contribution >= 4 is 5.69 Å². The van der Waals surface area contributed by atoms with E-state index in [0.29, 0.717) is 13.2 Å². The minimum Gasteiger partial charge on any atom is -0.497 e. The third-order valence-electron chi connectivity index (χ3n) is 3.46. The van der Waals surface area contributed by atoms with Crippen molar-refractivity contribution in [3.8, 4) is 22.8 Å². The second-order valence-electron chi connectivity index (χ2n) is 4.99. The third kappa shape index (κ3) is 3.60. The number of hydrogen-bond acceptors (Lipinski definition) is 5. The summed E-state index contributed by atoms with van der Waals surface area (Å²) in [6, 6.07) is 15.1. The second-order valence-corrected chi connectivity index (χ2v) is 4.99. The van der Waals surface area contributed by atoms with Gasteiger partial charge in [-0.3, -0.25) is 0 Å². The van der Waals surface area contributed by atoms with Crippen LogP contribution in [-0.4, -0.2) is 28.7 Å². The lowest BCUT2D eigenvalue weighted by Gasteiger charge is -2.09. The Hall–Kier alpha value is -3.02. The molecule has 0 spiro atoms. The Morgan fingerprint density at radius 1 is 1.00 bits per heavy atom. The van der Waals surface area contributed by atoms with E-state index in [2.05, 4.69) is 10.3 Å². The number of nitrogens with zero attached hydrogens (tertiary/aromatic N) is 3. The summed E-state index contributed by atoms with van der Waals surface area (Å²) in [5.74, 6) is 1.60. The molecule has 0 saturated carbocycles. The molecule has 3 rings (SSSR count). The van der Waals surface area contributed by atoms with E-state index in [4.69, 9.17) is 15.2 Å². The highest BCUT2D eigenvalue weighted by Gasteiger charge is 2.06. The van der Waals surface area contributed by atoms with Gasteiger partial charge in [0.25, 0.3) is 0 Å². The normalized spacial score (nSPS) is 10.5. The Balaban J connectivity index is 1.62. The van der Waals surface area contributed by atoms with Crippen LogP contribution in [0, 0.1) is 0 Å². The van der Waals surface area contributed by atoms with E-state index in [9.17, 15) is 0 Å². The van der Waals surface area contributed by atoms with Crippen molar-refractivity contribution in [3.05, 3.63) is 54.7 Å². The van der Waals surface area contributed by atoms with Gasteiger partial charge in [0.2, 0.25) is 0 Å². The molecule has 0 unspecified atom stereocenters. The maximum atomic E-state index is 5.72. The van der Waals surface area contributed by atoms with Gasteiger partial charge in [-0.1, -0.05) is 17.3 Å². The SMILES string of the molecule is COc1ccc(OCCn2nncc2-c2ccc(N)cc2)cc1. The maximum absolute atomic E-state index is 5.72. The van der Waals surface area contributed by atoms with Gasteiger partial charge in [0.1, 0.15) is 18.1 Å². The summed E-state index contributed by atoms with van der Waals surface area (Å²) in [4.78, 5) is 0. The molecule has 2 N–H and O–H groups in total. The first kappa shape index (κ1) is 14.9. The fourth-order valence-corrected chi connectivity index (χ4v) is 2.22. The van der Waals surface area contributed by atoms with Crippen molar-refractivity contribution < 1.29 is 9.47 Å². The Morgan fingerprint density at radius 3 is 2.39 bits per heavy atom. The summed E-state index contributed by atoms with van der Waals surface area (Å²) < 4.78 is 12.7. The van der Waals surface area contributed by atoms with E-state index in [1.165, 1.54) is 0 Å². The minimum atomic E-state index is 0.498. The van der Waals surface area contributed by atoms with Crippen LogP contribution in [0.15, 0.2) is 54.7 Å². The zero-order valence-electron chi connectivity index (χ0n) is 12.8. The highest BCUT2D eigenvalue weighted by molar-refractivity contribution is 5.61. The fraction of sp³-hybridized carbons (Fsp3) is 0.176. The van der Waals surface area contributed by atoms with Crippen LogP contribution in [0.1, 0.15) is 0 Å². The summed E-state index contributed by atoms with van der Waals surface area (Å²) in [6.07, 6.45) is 1.74. The molecule has 0 fully saturated rings. The number of methoxy groups -OCH3 is 1. The van der Waals surface area contributed by atoms with E-state index in [1.54, 1.807) is 13.3 Å². The highest BCUT2D eigenvalue weighted by atomic mass is 16.5. The van der Waals surface area contributed by atoms with Gasteiger partial charge >= 0.3 is 0 Å². The molecule has 1 heterocycles. The molecule has 6 heteroatoms. The number of nitrogens with two attached hydrogens (primary N) is 1. The predicted molar refractivity (Wildman–Crippen MR) is 88.4 cm³/mol. The van der Waals surface area contributed by atoms with Crippen molar-refractivity contribution in [1.29, 1.82) is 0 Å². The molecule has 0 atom stereocenters. The molecule has 0 saturated heterocycles. The zero-order chi connectivity index (χ0) is 16.1. The Kier molecular flexibility index (Phi) is 4.42. The molecule has 118 valence electrons. The largest absolute Gasteiger partial charge is 0.497 e. The smallest absolute Gasteiger partial charge is 0.119 e. The van der Waals surface area contributed by atoms with Crippen LogP contribution in [-0.2, 0) is 6.54 Å². The van der Waals surface area contributed by atoms with Crippen LogP contribution in [0.5, 0.6) is 11.5 Å². The predicted octanol–water partition coefficient (Wildman–Crippen LogP) is 2.61. The van der Waals surface area contributed by atoms with Crippen LogP contribution in [0.25, 0.3) is 11.3 Å². The zero-order valence-corrected chi connectivity index (χ0v) is 12.8. The van der Waals surface area contributed by atoms with Gasteiger partial charge in [-0.2, -0.15) is 0 Å². The van der Waals surface area contributed by atoms with Crippen LogP contribution in [0.3, 0.4) is 0 Å². The summed E-state index contributed by atoms with van der Waals surface area (Å²) in [6.45, 7) is 1.10. The number of ether oxygens (including phenoxy) is 2. The van der Waals surface area contributed by atoms with Gasteiger partial charge in [-0.25, -0.2) is 4.68 Å². The molecule has 6 nitrogen and oxygen atoms in total. The van der Waals surface area contributed by atoms with Gasteiger partial charge in [0.15, 0.2) is 0 Å². The van der Waals surface area contributed by atoms with Crippen molar-refractivity contribution in [2.24, 2.45) is 0 Å². The lowest BCUT2D eigenvalue weighted by Crippen LogP contribution is -2.10. The number of nitrogen functional groups attached to an aromatic ring is 1. The number of hydrogen-bond donors (Lipinski definition) is 1. The first-order valence-corrected chi connectivity index (χ1v) is 7.27. The molecule has 0 amide bonds. The quantitative estimate of drug-likeness (QED) is 0.708. The number of aromatic nitrogens is 3. The Bertz CT molecular complexity index is 751. The van der Waals surface area contributed by atoms with Crippen molar-refractivity contribution in [3.63, 3.8) is 0 Å². The summed E-state index contributed by atoms with van der Waals surface area (Å²) in [5, 5.41) is 8.09. The van der Waals surface area contributed by atoms with E-state index in [-0.39, 0.29) is 0 Å². The van der Waals surface area contributed by atoms with Gasteiger partial charge < -0.3 is 15.2 Å². The third-order valence-corrected chi connectivity index (χ3v) is 3.46. The molecule has 3 aromatic rings. The van der Waals surface area contributed by atoms with Gasteiger partial charge in [-0.05, 0) is 36.4 Å². The van der Waals surface area contributed by atoms with Crippen LogP contribution < -0.4 is 15.2 Å². The van der Waals surface area contributed by atoms with E-state index in [1.807, 2.05) is 53.2 Å². The summed E-state index contributed by atoms with van der Waals surface area (Å²) >= 11 is 0. The van der Waals surface area contributed by atoms with E-state index < -0.39 is 0 Å². The average molecular weight is 310 g/mol. The van der Waals surface area contributed by atoms with E-state index >= 15 is 0 Å². The minimum absolute atomic E-state index is 0.498. The Labute approximate surface area is 134 Å². The number of rotatable bonds is 6. The second kappa shape index (κ2) is 6.83. The molecule has 0 radical (unpaired) electrons. The van der Waals surface area contributed by atoms with Gasteiger partial charge in [0.05, 0.1) is 25.5 Å². The van der Waals surface area contributed by atoms with Crippen LogP contribution in [0.4, 0.5) is 5.69 Å². The van der Waals surface area contributed by atoms with Crippen molar-refractivity contribution in [2.75, 3.05) is 19.5 Å². The van der Waals surface area contributed by atoms with Crippen LogP contribution in [0.2, 0.25) is 0 Å². The lowest BCUT2D eigenvalue weighted by molar-refractivity contribution is 0.290. The standard InChI is InChI=1S/C17H18N4O2/c1-22-15-6-8-16(9-7-15)23-11-10-21-17(12-19-20-21)13-2-4-14(18)5-3-13/h2-9,12H,10-11,18H2,1H3. The summed E-state index contributed by atoms with van der Waals surface area (Å²) in [5.41, 5.74) is 8.40. The molecule has 0 aliphatic carbocycles. The fourth-order valence-electron chi connectivity index (χ4n) is 2.22. The van der Waals surface area contributed by atoms with Crippen molar-refractivity contribution in [1.82, 2.24) is 15.0 Å². The topological polar surface area (TPSA) is 75.2 Å². The van der Waals surface area contributed by atoms with E-state index in [0.717, 1.165) is 28.4 Å². The molecule has 23 heavy (non-hydrogen) atoms. The molecule has 0 bridgehead atoms. The number of anilines is 1. The molecule has 0 aliphatic heterocycles. The molecule has 0 aliphatic rings. The number of benzene rings is 2. The summed E-state index contributed by atoms with van der Waals surface area (Å²) in [7, 11) is 1.64. The van der Waals surface area contributed by atoms with Gasteiger partial charge in [-0.15, -0.1) is 5.10 Å². The van der Waals surface area contributed by atoms with Crippen molar-refractivity contribution in [2.45, 2.75) is 6.54 Å². The van der Waals surface area contributed by atoms with Crippen LogP contribution >= 0.6 is 0 Å². The van der Waals surface area contributed by atoms with Gasteiger partial charge in [0, 0.05) is 11.3 Å². The average Bonchev–Trinajstić information content (AvgIpc) is 3.05. The lowest BCUT2D eigenvalue weighted by atomic mass is 10.1. The molecular weight excluding hydrogens is 292 g/mol. The first-order valence-electron chi connectivity index (χ1n) is 7.27. The Morgan fingerprint density at radius 2 is 1.70 bits per heavy atom. The maximum Gasteiger partial charge on any atom is 0.119 e.